The first kappa shape index (κ1) is 19.4. The minimum atomic E-state index is -0.192. The molecule has 132 valence electrons. The first-order chi connectivity index (χ1) is 12.7. The lowest BCUT2D eigenvalue weighted by Crippen LogP contribution is -2.20. The number of ketones is 1. The molecule has 0 bridgehead atoms. The van der Waals surface area contributed by atoms with Crippen molar-refractivity contribution in [3.8, 4) is 0 Å². The number of hydrogen-bond donors (Lipinski definition) is 0. The molecule has 2 unspecified atom stereocenters. The van der Waals surface area contributed by atoms with E-state index >= 15 is 0 Å². The van der Waals surface area contributed by atoms with Gasteiger partial charge in [-0.25, -0.2) is 0 Å². The molecule has 1 heteroatoms. The van der Waals surface area contributed by atoms with Gasteiger partial charge in [-0.05, 0) is 24.0 Å². The minimum absolute atomic E-state index is 0.172. The zero-order valence-electron chi connectivity index (χ0n) is 15.1. The number of Topliss-reactive ketones (excluding diaryl/α,β-unsaturated/α-hetero) is 1. The molecule has 0 radical (unpaired) electrons. The van der Waals surface area contributed by atoms with E-state index in [0.29, 0.717) is 12.8 Å². The zero-order valence-corrected chi connectivity index (χ0v) is 15.1. The van der Waals surface area contributed by atoms with E-state index in [-0.39, 0.29) is 17.6 Å². The van der Waals surface area contributed by atoms with Crippen LogP contribution in [0.5, 0.6) is 0 Å². The van der Waals surface area contributed by atoms with Gasteiger partial charge in [-0.3, -0.25) is 4.79 Å². The van der Waals surface area contributed by atoms with Gasteiger partial charge >= 0.3 is 0 Å². The predicted octanol–water partition coefficient (Wildman–Crippen LogP) is 6.37. The van der Waals surface area contributed by atoms with Crippen molar-refractivity contribution >= 4 is 17.9 Å². The van der Waals surface area contributed by atoms with Gasteiger partial charge in [0.1, 0.15) is 5.78 Å². The van der Waals surface area contributed by atoms with Crippen LogP contribution >= 0.6 is 0 Å². The maximum atomic E-state index is 12.8. The van der Waals surface area contributed by atoms with Crippen LogP contribution in [-0.4, -0.2) is 5.78 Å². The summed E-state index contributed by atoms with van der Waals surface area (Å²) in [5, 5.41) is 0. The maximum absolute atomic E-state index is 12.8. The van der Waals surface area contributed by atoms with Gasteiger partial charge in [-0.2, -0.15) is 0 Å². The number of benzene rings is 2. The molecule has 0 N–H and O–H groups in total. The maximum Gasteiger partial charge on any atom is 0.147 e. The molecule has 0 spiro atoms. The monoisotopic (exact) mass is 342 g/mol. The van der Waals surface area contributed by atoms with E-state index in [0.717, 1.165) is 11.1 Å². The fraction of sp³-hybridized carbons (Fsp3) is 0.160. The van der Waals surface area contributed by atoms with Crippen molar-refractivity contribution in [1.29, 1.82) is 0 Å². The Morgan fingerprint density at radius 3 is 1.46 bits per heavy atom. The third-order valence-electron chi connectivity index (χ3n) is 4.30. The molecule has 2 aromatic carbocycles. The van der Waals surface area contributed by atoms with Crippen LogP contribution < -0.4 is 0 Å². The van der Waals surface area contributed by atoms with Gasteiger partial charge in [0.05, 0.1) is 0 Å². The second kappa shape index (κ2) is 10.8. The second-order valence-electron chi connectivity index (χ2n) is 6.18. The lowest BCUT2D eigenvalue weighted by atomic mass is 9.88. The Labute approximate surface area is 157 Å². The number of allylic oxidation sites excluding steroid dienone is 4. The van der Waals surface area contributed by atoms with E-state index in [4.69, 9.17) is 0 Å². The van der Waals surface area contributed by atoms with Gasteiger partial charge in [-0.1, -0.05) is 97.1 Å². The van der Waals surface area contributed by atoms with Crippen LogP contribution in [0.25, 0.3) is 12.2 Å². The topological polar surface area (TPSA) is 17.1 Å². The summed E-state index contributed by atoms with van der Waals surface area (Å²) in [4.78, 5) is 12.8. The van der Waals surface area contributed by atoms with Crippen LogP contribution in [0, 0.1) is 11.8 Å². The Morgan fingerprint density at radius 1 is 0.731 bits per heavy atom. The summed E-state index contributed by atoms with van der Waals surface area (Å²) in [6.45, 7) is 7.69. The Morgan fingerprint density at radius 2 is 1.12 bits per heavy atom. The molecule has 0 saturated carbocycles. The summed E-state index contributed by atoms with van der Waals surface area (Å²) in [7, 11) is 0. The normalized spacial score (nSPS) is 13.5. The first-order valence-corrected chi connectivity index (χ1v) is 8.96. The molecule has 0 fully saturated rings. The Bertz CT molecular complexity index is 688. The second-order valence-corrected chi connectivity index (χ2v) is 6.18. The molecule has 0 saturated heterocycles. The van der Waals surface area contributed by atoms with Crippen LogP contribution in [0.3, 0.4) is 0 Å². The quantitative estimate of drug-likeness (QED) is 0.459. The van der Waals surface area contributed by atoms with E-state index in [9.17, 15) is 4.79 Å². The summed E-state index contributed by atoms with van der Waals surface area (Å²) < 4.78 is 0. The molecule has 0 aliphatic rings. The standard InChI is InChI=1S/C25H26O/c1-3-23(19-11-17-21-13-7-5-8-14-21)25(26)24(4-2)20-12-18-22-15-9-6-10-16-22/h3-18,23-24H,1-2,19-20H2. The highest BCUT2D eigenvalue weighted by Gasteiger charge is 2.20. The lowest BCUT2D eigenvalue weighted by Gasteiger charge is -2.15. The number of carbonyl (C=O) groups is 1. The molecule has 0 aliphatic carbocycles. The van der Waals surface area contributed by atoms with Crippen LogP contribution in [-0.2, 0) is 4.79 Å². The van der Waals surface area contributed by atoms with Gasteiger partial charge in [0.15, 0.2) is 0 Å². The zero-order chi connectivity index (χ0) is 18.6. The average molecular weight is 342 g/mol. The summed E-state index contributed by atoms with van der Waals surface area (Å²) in [6.07, 6.45) is 13.0. The largest absolute Gasteiger partial charge is 0.298 e. The van der Waals surface area contributed by atoms with E-state index in [1.165, 1.54) is 0 Å². The molecule has 1 nitrogen and oxygen atoms in total. The van der Waals surface area contributed by atoms with E-state index in [1.54, 1.807) is 12.2 Å². The van der Waals surface area contributed by atoms with E-state index < -0.39 is 0 Å². The third kappa shape index (κ3) is 6.18. The Balaban J connectivity index is 1.93. The SMILES string of the molecule is C=CC(CC=Cc1ccccc1)C(=O)C(C=C)CC=Cc1ccccc1. The Hall–Kier alpha value is -2.93. The van der Waals surface area contributed by atoms with Crippen LogP contribution in [0.1, 0.15) is 24.0 Å². The van der Waals surface area contributed by atoms with E-state index in [2.05, 4.69) is 13.2 Å². The Kier molecular flexibility index (Phi) is 8.08. The fourth-order valence-corrected chi connectivity index (χ4v) is 2.76. The van der Waals surface area contributed by atoms with Gasteiger partial charge in [-0.15, -0.1) is 13.2 Å². The van der Waals surface area contributed by atoms with Crippen molar-refractivity contribution in [2.45, 2.75) is 12.8 Å². The van der Waals surface area contributed by atoms with Crippen molar-refractivity contribution in [3.63, 3.8) is 0 Å². The number of carbonyl (C=O) groups excluding carboxylic acids is 1. The number of hydrogen-bond acceptors (Lipinski definition) is 1. The molecular formula is C25H26O. The van der Waals surface area contributed by atoms with Crippen molar-refractivity contribution in [2.75, 3.05) is 0 Å². The van der Waals surface area contributed by atoms with E-state index in [1.807, 2.05) is 85.0 Å². The summed E-state index contributed by atoms with van der Waals surface area (Å²) in [5.41, 5.74) is 2.27. The fourth-order valence-electron chi connectivity index (χ4n) is 2.76. The molecular weight excluding hydrogens is 316 g/mol. The highest BCUT2D eigenvalue weighted by atomic mass is 16.1. The highest BCUT2D eigenvalue weighted by molar-refractivity contribution is 5.86. The number of rotatable bonds is 10. The van der Waals surface area contributed by atoms with Crippen molar-refractivity contribution in [3.05, 3.63) is 109 Å². The summed E-state index contributed by atoms with van der Waals surface area (Å²) in [6, 6.07) is 20.2. The van der Waals surface area contributed by atoms with Gasteiger partial charge in [0, 0.05) is 11.8 Å². The molecule has 2 atom stereocenters. The molecule has 0 heterocycles. The molecule has 0 amide bonds. The van der Waals surface area contributed by atoms with Gasteiger partial charge < -0.3 is 0 Å². The smallest absolute Gasteiger partial charge is 0.147 e. The van der Waals surface area contributed by atoms with Crippen LogP contribution in [0.2, 0.25) is 0 Å². The van der Waals surface area contributed by atoms with Gasteiger partial charge in [0.25, 0.3) is 0 Å². The highest BCUT2D eigenvalue weighted by Crippen LogP contribution is 2.19. The molecule has 2 rings (SSSR count). The first-order valence-electron chi connectivity index (χ1n) is 8.96. The third-order valence-corrected chi connectivity index (χ3v) is 4.30. The molecule has 0 aliphatic heterocycles. The minimum Gasteiger partial charge on any atom is -0.298 e. The molecule has 2 aromatic rings. The van der Waals surface area contributed by atoms with Crippen LogP contribution in [0.4, 0.5) is 0 Å². The van der Waals surface area contributed by atoms with Crippen molar-refractivity contribution in [1.82, 2.24) is 0 Å². The van der Waals surface area contributed by atoms with Gasteiger partial charge in [0.2, 0.25) is 0 Å². The van der Waals surface area contributed by atoms with Crippen molar-refractivity contribution in [2.24, 2.45) is 11.8 Å². The molecule has 0 aromatic heterocycles. The molecule has 26 heavy (non-hydrogen) atoms. The predicted molar refractivity (Wildman–Crippen MR) is 113 cm³/mol. The average Bonchev–Trinajstić information content (AvgIpc) is 2.70. The summed E-state index contributed by atoms with van der Waals surface area (Å²) >= 11 is 0. The lowest BCUT2D eigenvalue weighted by molar-refractivity contribution is -0.123. The van der Waals surface area contributed by atoms with Crippen molar-refractivity contribution < 1.29 is 4.79 Å². The van der Waals surface area contributed by atoms with Crippen LogP contribution in [0.15, 0.2) is 98.1 Å². The summed E-state index contributed by atoms with van der Waals surface area (Å²) in [5.74, 6) is -0.211.